The van der Waals surface area contributed by atoms with Crippen LogP contribution >= 0.6 is 0 Å². The third-order valence-corrected chi connectivity index (χ3v) is 2.24. The van der Waals surface area contributed by atoms with Gasteiger partial charge in [-0.3, -0.25) is 0 Å². The maximum atomic E-state index is 5.34. The number of hydrogen-bond acceptors (Lipinski definition) is 1. The molecular weight excluding hydrogens is 148 g/mol. The Kier molecular flexibility index (Phi) is 1.96. The molecule has 1 aliphatic rings. The van der Waals surface area contributed by atoms with Crippen molar-refractivity contribution in [1.29, 1.82) is 0 Å². The smallest absolute Gasteiger partial charge is 0.0719 e. The van der Waals surface area contributed by atoms with Crippen LogP contribution in [0.4, 0.5) is 0 Å². The van der Waals surface area contributed by atoms with Gasteiger partial charge in [0.1, 0.15) is 0 Å². The van der Waals surface area contributed by atoms with E-state index in [0.717, 1.165) is 19.6 Å². The van der Waals surface area contributed by atoms with Crippen molar-refractivity contribution in [1.82, 2.24) is 0 Å². The van der Waals surface area contributed by atoms with E-state index in [1.54, 1.807) is 0 Å². The molecule has 0 spiro atoms. The molecule has 0 bridgehead atoms. The highest BCUT2D eigenvalue weighted by Gasteiger charge is 2.08. The van der Waals surface area contributed by atoms with Crippen LogP contribution in [0.15, 0.2) is 24.8 Å². The zero-order valence-corrected chi connectivity index (χ0v) is 7.05. The van der Waals surface area contributed by atoms with Crippen molar-refractivity contribution in [2.24, 2.45) is 0 Å². The maximum absolute atomic E-state index is 5.34. The van der Waals surface area contributed by atoms with Crippen molar-refractivity contribution in [2.75, 3.05) is 6.61 Å². The molecule has 0 saturated carbocycles. The van der Waals surface area contributed by atoms with Crippen molar-refractivity contribution in [3.8, 4) is 0 Å². The lowest BCUT2D eigenvalue weighted by Crippen LogP contribution is -2.09. The fourth-order valence-electron chi connectivity index (χ4n) is 1.51. The van der Waals surface area contributed by atoms with Gasteiger partial charge in [0.15, 0.2) is 0 Å². The molecule has 0 aliphatic carbocycles. The summed E-state index contributed by atoms with van der Waals surface area (Å²) in [6.45, 7) is 5.37. The van der Waals surface area contributed by atoms with E-state index in [4.69, 9.17) is 4.74 Å². The summed E-state index contributed by atoms with van der Waals surface area (Å²) in [5.41, 5.74) is 3.95. The molecule has 1 nitrogen and oxygen atoms in total. The maximum Gasteiger partial charge on any atom is 0.0719 e. The third kappa shape index (κ3) is 1.28. The fraction of sp³-hybridized carbons (Fsp3) is 0.273. The Balaban J connectivity index is 2.42. The number of ether oxygens (including phenoxy) is 1. The fourth-order valence-corrected chi connectivity index (χ4v) is 1.51. The van der Waals surface area contributed by atoms with E-state index in [2.05, 4.69) is 24.8 Å². The highest BCUT2D eigenvalue weighted by atomic mass is 16.5. The summed E-state index contributed by atoms with van der Waals surface area (Å²) in [6.07, 6.45) is 2.92. The molecule has 1 aromatic rings. The van der Waals surface area contributed by atoms with E-state index in [0.29, 0.717) is 0 Å². The highest BCUT2D eigenvalue weighted by Crippen LogP contribution is 2.18. The Hall–Kier alpha value is -1.08. The summed E-state index contributed by atoms with van der Waals surface area (Å²) in [7, 11) is 0. The molecule has 0 saturated heterocycles. The zero-order valence-electron chi connectivity index (χ0n) is 7.05. The Morgan fingerprint density at radius 1 is 1.33 bits per heavy atom. The van der Waals surface area contributed by atoms with Crippen LogP contribution in [0.2, 0.25) is 0 Å². The molecule has 1 heteroatoms. The van der Waals surface area contributed by atoms with E-state index in [-0.39, 0.29) is 0 Å². The molecule has 0 radical (unpaired) electrons. The second-order valence-corrected chi connectivity index (χ2v) is 3.03. The average molecular weight is 160 g/mol. The van der Waals surface area contributed by atoms with Gasteiger partial charge in [0, 0.05) is 0 Å². The first-order valence-corrected chi connectivity index (χ1v) is 4.22. The van der Waals surface area contributed by atoms with Gasteiger partial charge in [0.2, 0.25) is 0 Å². The molecule has 0 unspecified atom stereocenters. The number of benzene rings is 1. The van der Waals surface area contributed by atoms with Crippen LogP contribution < -0.4 is 0 Å². The third-order valence-electron chi connectivity index (χ3n) is 2.24. The van der Waals surface area contributed by atoms with Crippen molar-refractivity contribution < 1.29 is 4.74 Å². The molecule has 1 aromatic carbocycles. The minimum absolute atomic E-state index is 0.771. The lowest BCUT2D eigenvalue weighted by molar-refractivity contribution is 0.111. The summed E-state index contributed by atoms with van der Waals surface area (Å²) in [5.74, 6) is 0. The quantitative estimate of drug-likeness (QED) is 0.613. The molecule has 2 rings (SSSR count). The van der Waals surface area contributed by atoms with Gasteiger partial charge in [-0.15, -0.1) is 0 Å². The molecule has 0 amide bonds. The minimum atomic E-state index is 0.771. The molecule has 0 aromatic heterocycles. The zero-order chi connectivity index (χ0) is 8.39. The highest BCUT2D eigenvalue weighted by molar-refractivity contribution is 5.50. The molecule has 0 atom stereocenters. The Bertz CT molecular complexity index is 302. The van der Waals surface area contributed by atoms with E-state index in [1.165, 1.54) is 16.7 Å². The molecule has 62 valence electrons. The van der Waals surface area contributed by atoms with Gasteiger partial charge in [-0.2, -0.15) is 0 Å². The monoisotopic (exact) mass is 160 g/mol. The lowest BCUT2D eigenvalue weighted by atomic mass is 10.0. The Morgan fingerprint density at radius 2 is 2.25 bits per heavy atom. The van der Waals surface area contributed by atoms with Gasteiger partial charge < -0.3 is 4.74 Å². The number of hydrogen-bond donors (Lipinski definition) is 0. The topological polar surface area (TPSA) is 9.23 Å². The van der Waals surface area contributed by atoms with Gasteiger partial charge >= 0.3 is 0 Å². The molecule has 0 N–H and O–H groups in total. The van der Waals surface area contributed by atoms with Crippen LogP contribution in [0.1, 0.15) is 16.7 Å². The second kappa shape index (κ2) is 3.11. The molecule has 12 heavy (non-hydrogen) atoms. The first kappa shape index (κ1) is 7.56. The van der Waals surface area contributed by atoms with Crippen LogP contribution in [-0.2, 0) is 17.8 Å². The molecule has 1 heterocycles. The number of fused-ring (bicyclic) bond motifs is 1. The summed E-state index contributed by atoms with van der Waals surface area (Å²) < 4.78 is 5.34. The summed E-state index contributed by atoms with van der Waals surface area (Å²) in [6, 6.07) is 6.41. The Labute approximate surface area is 72.7 Å². The van der Waals surface area contributed by atoms with Gasteiger partial charge in [0.25, 0.3) is 0 Å². The van der Waals surface area contributed by atoms with E-state index in [1.807, 2.05) is 6.08 Å². The SMILES string of the molecule is C=Cc1ccc2c(c1)CCOC2. The molecule has 0 fully saturated rings. The van der Waals surface area contributed by atoms with E-state index < -0.39 is 0 Å². The van der Waals surface area contributed by atoms with Crippen molar-refractivity contribution >= 4 is 6.08 Å². The van der Waals surface area contributed by atoms with E-state index in [9.17, 15) is 0 Å². The van der Waals surface area contributed by atoms with Crippen LogP contribution in [0, 0.1) is 0 Å². The minimum Gasteiger partial charge on any atom is -0.376 e. The van der Waals surface area contributed by atoms with Gasteiger partial charge in [-0.1, -0.05) is 30.9 Å². The Morgan fingerprint density at radius 3 is 3.08 bits per heavy atom. The standard InChI is InChI=1S/C11H12O/c1-2-9-3-4-11-8-12-6-5-10(11)7-9/h2-4,7H,1,5-6,8H2. The van der Waals surface area contributed by atoms with Gasteiger partial charge in [-0.25, -0.2) is 0 Å². The van der Waals surface area contributed by atoms with Gasteiger partial charge in [0.05, 0.1) is 13.2 Å². The first-order chi connectivity index (χ1) is 5.90. The van der Waals surface area contributed by atoms with Crippen LogP contribution in [0.5, 0.6) is 0 Å². The van der Waals surface area contributed by atoms with Crippen molar-refractivity contribution in [3.05, 3.63) is 41.5 Å². The first-order valence-electron chi connectivity index (χ1n) is 4.22. The van der Waals surface area contributed by atoms with Gasteiger partial charge in [-0.05, 0) is 23.1 Å². The van der Waals surface area contributed by atoms with Crippen molar-refractivity contribution in [2.45, 2.75) is 13.0 Å². The average Bonchev–Trinajstić information content (AvgIpc) is 2.17. The van der Waals surface area contributed by atoms with Crippen LogP contribution in [0.3, 0.4) is 0 Å². The van der Waals surface area contributed by atoms with Crippen molar-refractivity contribution in [3.63, 3.8) is 0 Å². The summed E-state index contributed by atoms with van der Waals surface area (Å²) >= 11 is 0. The predicted octanol–water partition coefficient (Wildman–Crippen LogP) is 2.40. The lowest BCUT2D eigenvalue weighted by Gasteiger charge is -2.16. The second-order valence-electron chi connectivity index (χ2n) is 3.03. The molecule has 1 aliphatic heterocycles. The summed E-state index contributed by atoms with van der Waals surface area (Å²) in [5, 5.41) is 0. The predicted molar refractivity (Wildman–Crippen MR) is 49.9 cm³/mol. The number of rotatable bonds is 1. The normalized spacial score (nSPS) is 15.3. The van der Waals surface area contributed by atoms with E-state index >= 15 is 0 Å². The summed E-state index contributed by atoms with van der Waals surface area (Å²) in [4.78, 5) is 0. The van der Waals surface area contributed by atoms with Crippen LogP contribution in [-0.4, -0.2) is 6.61 Å². The largest absolute Gasteiger partial charge is 0.376 e. The molecular formula is C11H12O. The van der Waals surface area contributed by atoms with Crippen LogP contribution in [0.25, 0.3) is 6.08 Å².